The standard InChI is InChI=1S/C13H23NO3/c1-5-13(12(16)17)6-7-14(8-13)11(15)10(4)9(2)3/h9-10H,5-8H2,1-4H3,(H,16,17). The maximum absolute atomic E-state index is 12.1. The lowest BCUT2D eigenvalue weighted by Crippen LogP contribution is -2.39. The van der Waals surface area contributed by atoms with E-state index in [0.29, 0.717) is 31.8 Å². The number of rotatable bonds is 4. The molecule has 1 aliphatic heterocycles. The summed E-state index contributed by atoms with van der Waals surface area (Å²) in [7, 11) is 0. The third kappa shape index (κ3) is 2.61. The molecule has 1 amide bonds. The number of carboxylic acids is 1. The van der Waals surface area contributed by atoms with Crippen LogP contribution in [0.3, 0.4) is 0 Å². The molecule has 1 aliphatic rings. The molecule has 2 atom stereocenters. The van der Waals surface area contributed by atoms with Crippen molar-refractivity contribution in [2.24, 2.45) is 17.3 Å². The number of hydrogen-bond acceptors (Lipinski definition) is 2. The average molecular weight is 241 g/mol. The molecule has 0 aromatic heterocycles. The highest BCUT2D eigenvalue weighted by atomic mass is 16.4. The van der Waals surface area contributed by atoms with Gasteiger partial charge in [0.25, 0.3) is 0 Å². The summed E-state index contributed by atoms with van der Waals surface area (Å²) < 4.78 is 0. The van der Waals surface area contributed by atoms with Crippen LogP contribution in [0.4, 0.5) is 0 Å². The maximum atomic E-state index is 12.1. The Bertz CT molecular complexity index is 314. The molecule has 17 heavy (non-hydrogen) atoms. The summed E-state index contributed by atoms with van der Waals surface area (Å²) in [5, 5.41) is 9.27. The van der Waals surface area contributed by atoms with Gasteiger partial charge in [-0.2, -0.15) is 0 Å². The third-order valence-corrected chi connectivity index (χ3v) is 4.19. The van der Waals surface area contributed by atoms with Crippen LogP contribution in [0, 0.1) is 17.3 Å². The van der Waals surface area contributed by atoms with Crippen molar-refractivity contribution in [1.82, 2.24) is 4.90 Å². The van der Waals surface area contributed by atoms with Crippen LogP contribution in [-0.4, -0.2) is 35.0 Å². The van der Waals surface area contributed by atoms with E-state index in [1.54, 1.807) is 4.90 Å². The fraction of sp³-hybridized carbons (Fsp3) is 0.846. The number of nitrogens with zero attached hydrogens (tertiary/aromatic N) is 1. The van der Waals surface area contributed by atoms with Gasteiger partial charge >= 0.3 is 5.97 Å². The molecule has 1 heterocycles. The molecule has 0 aromatic rings. The number of carbonyl (C=O) groups is 2. The van der Waals surface area contributed by atoms with Gasteiger partial charge in [-0.15, -0.1) is 0 Å². The molecule has 0 bridgehead atoms. The summed E-state index contributed by atoms with van der Waals surface area (Å²) in [6, 6.07) is 0. The van der Waals surface area contributed by atoms with E-state index >= 15 is 0 Å². The largest absolute Gasteiger partial charge is 0.481 e. The van der Waals surface area contributed by atoms with Crippen LogP contribution < -0.4 is 0 Å². The van der Waals surface area contributed by atoms with Crippen LogP contribution in [0.1, 0.15) is 40.5 Å². The molecule has 1 N–H and O–H groups in total. The Morgan fingerprint density at radius 2 is 1.94 bits per heavy atom. The summed E-state index contributed by atoms with van der Waals surface area (Å²) >= 11 is 0. The summed E-state index contributed by atoms with van der Waals surface area (Å²) in [5.74, 6) is -0.413. The maximum Gasteiger partial charge on any atom is 0.311 e. The number of aliphatic carboxylic acids is 1. The lowest BCUT2D eigenvalue weighted by Gasteiger charge is -2.26. The second-order valence-electron chi connectivity index (χ2n) is 5.48. The Hall–Kier alpha value is -1.06. The molecule has 0 aromatic carbocycles. The predicted molar refractivity (Wildman–Crippen MR) is 65.6 cm³/mol. The van der Waals surface area contributed by atoms with E-state index in [2.05, 4.69) is 0 Å². The molecule has 1 fully saturated rings. The zero-order valence-electron chi connectivity index (χ0n) is 11.2. The molecular weight excluding hydrogens is 218 g/mol. The van der Waals surface area contributed by atoms with E-state index < -0.39 is 11.4 Å². The minimum atomic E-state index is -0.771. The fourth-order valence-corrected chi connectivity index (χ4v) is 2.25. The van der Waals surface area contributed by atoms with E-state index in [4.69, 9.17) is 0 Å². The first kappa shape index (κ1) is 14.0. The van der Waals surface area contributed by atoms with Crippen molar-refractivity contribution in [1.29, 1.82) is 0 Å². The minimum absolute atomic E-state index is 0.0311. The van der Waals surface area contributed by atoms with Crippen LogP contribution in [0.15, 0.2) is 0 Å². The van der Waals surface area contributed by atoms with Gasteiger partial charge in [-0.05, 0) is 18.8 Å². The van der Waals surface area contributed by atoms with Gasteiger partial charge in [-0.1, -0.05) is 27.7 Å². The highest BCUT2D eigenvalue weighted by Crippen LogP contribution is 2.35. The predicted octanol–water partition coefficient (Wildman–Crippen LogP) is 1.99. The highest BCUT2D eigenvalue weighted by Gasteiger charge is 2.45. The molecule has 2 unspecified atom stereocenters. The van der Waals surface area contributed by atoms with E-state index in [9.17, 15) is 14.7 Å². The van der Waals surface area contributed by atoms with E-state index in [1.807, 2.05) is 27.7 Å². The summed E-state index contributed by atoms with van der Waals surface area (Å²) in [5.41, 5.74) is -0.716. The summed E-state index contributed by atoms with van der Waals surface area (Å²) in [4.78, 5) is 25.2. The first-order valence-corrected chi connectivity index (χ1v) is 6.36. The topological polar surface area (TPSA) is 57.6 Å². The second kappa shape index (κ2) is 5.07. The molecule has 0 spiro atoms. The molecule has 0 saturated carbocycles. The van der Waals surface area contributed by atoms with Gasteiger partial charge in [0.1, 0.15) is 0 Å². The molecule has 1 saturated heterocycles. The van der Waals surface area contributed by atoms with Crippen molar-refractivity contribution in [2.45, 2.75) is 40.5 Å². The molecule has 0 radical (unpaired) electrons. The zero-order valence-corrected chi connectivity index (χ0v) is 11.2. The first-order valence-electron chi connectivity index (χ1n) is 6.36. The molecule has 98 valence electrons. The summed E-state index contributed by atoms with van der Waals surface area (Å²) in [6.07, 6.45) is 1.16. The SMILES string of the molecule is CCC1(C(=O)O)CCN(C(=O)C(C)C(C)C)C1. The number of carbonyl (C=O) groups excluding carboxylic acids is 1. The average Bonchev–Trinajstić information content (AvgIpc) is 2.72. The fourth-order valence-electron chi connectivity index (χ4n) is 2.25. The van der Waals surface area contributed by atoms with Gasteiger partial charge in [0.15, 0.2) is 0 Å². The van der Waals surface area contributed by atoms with E-state index in [-0.39, 0.29) is 11.8 Å². The van der Waals surface area contributed by atoms with Crippen LogP contribution in [0.5, 0.6) is 0 Å². The smallest absolute Gasteiger partial charge is 0.311 e. The lowest BCUT2D eigenvalue weighted by molar-refractivity contribution is -0.149. The molecule has 4 heteroatoms. The first-order chi connectivity index (χ1) is 7.84. The number of amides is 1. The molecular formula is C13H23NO3. The van der Waals surface area contributed by atoms with Crippen molar-refractivity contribution in [3.63, 3.8) is 0 Å². The van der Waals surface area contributed by atoms with Crippen LogP contribution in [0.2, 0.25) is 0 Å². The Labute approximate surface area is 103 Å². The summed E-state index contributed by atoms with van der Waals surface area (Å²) in [6.45, 7) is 8.78. The Kier molecular flexibility index (Phi) is 4.17. The quantitative estimate of drug-likeness (QED) is 0.819. The minimum Gasteiger partial charge on any atom is -0.481 e. The zero-order chi connectivity index (χ0) is 13.2. The Morgan fingerprint density at radius 3 is 2.29 bits per heavy atom. The Balaban J connectivity index is 2.73. The monoisotopic (exact) mass is 241 g/mol. The van der Waals surface area contributed by atoms with Gasteiger partial charge < -0.3 is 10.0 Å². The van der Waals surface area contributed by atoms with Crippen LogP contribution in [0.25, 0.3) is 0 Å². The van der Waals surface area contributed by atoms with Crippen LogP contribution >= 0.6 is 0 Å². The van der Waals surface area contributed by atoms with Crippen molar-refractivity contribution < 1.29 is 14.7 Å². The van der Waals surface area contributed by atoms with Crippen molar-refractivity contribution in [3.8, 4) is 0 Å². The normalized spacial score (nSPS) is 26.3. The van der Waals surface area contributed by atoms with Gasteiger partial charge in [0.05, 0.1) is 5.41 Å². The van der Waals surface area contributed by atoms with E-state index in [1.165, 1.54) is 0 Å². The number of carboxylic acid groups (broad SMARTS) is 1. The number of likely N-dealkylation sites (tertiary alicyclic amines) is 1. The van der Waals surface area contributed by atoms with Crippen molar-refractivity contribution in [3.05, 3.63) is 0 Å². The second-order valence-corrected chi connectivity index (χ2v) is 5.48. The highest BCUT2D eigenvalue weighted by molar-refractivity contribution is 5.82. The third-order valence-electron chi connectivity index (χ3n) is 4.19. The van der Waals surface area contributed by atoms with Gasteiger partial charge in [0, 0.05) is 19.0 Å². The molecule has 0 aliphatic carbocycles. The molecule has 4 nitrogen and oxygen atoms in total. The van der Waals surface area contributed by atoms with E-state index in [0.717, 1.165) is 0 Å². The van der Waals surface area contributed by atoms with Crippen molar-refractivity contribution >= 4 is 11.9 Å². The Morgan fingerprint density at radius 1 is 1.35 bits per heavy atom. The van der Waals surface area contributed by atoms with Gasteiger partial charge in [-0.25, -0.2) is 0 Å². The molecule has 1 rings (SSSR count). The van der Waals surface area contributed by atoms with Gasteiger partial charge in [-0.3, -0.25) is 9.59 Å². The van der Waals surface area contributed by atoms with Crippen LogP contribution in [-0.2, 0) is 9.59 Å². The lowest BCUT2D eigenvalue weighted by atomic mass is 9.84. The van der Waals surface area contributed by atoms with Crippen molar-refractivity contribution in [2.75, 3.05) is 13.1 Å². The number of hydrogen-bond donors (Lipinski definition) is 1. The van der Waals surface area contributed by atoms with Gasteiger partial charge in [0.2, 0.25) is 5.91 Å².